The first-order chi connectivity index (χ1) is 6.75. The lowest BCUT2D eigenvalue weighted by Gasteiger charge is -1.97. The standard InChI is InChI=1S/C9H7ClN2OS.ClH/c10-9-2-1-8(14-9)7(13)5-12-4-3-11-6-12;/h1-4,6H,5H2;1H. The molecule has 0 saturated carbocycles. The number of ketones is 1. The van der Waals surface area contributed by atoms with Gasteiger partial charge in [0, 0.05) is 12.4 Å². The summed E-state index contributed by atoms with van der Waals surface area (Å²) >= 11 is 7.03. The molecule has 80 valence electrons. The van der Waals surface area contributed by atoms with E-state index in [0.717, 1.165) is 0 Å². The summed E-state index contributed by atoms with van der Waals surface area (Å²) in [6.07, 6.45) is 5.02. The average molecular weight is 263 g/mol. The molecular formula is C9H8Cl2N2OS. The van der Waals surface area contributed by atoms with Gasteiger partial charge in [-0.15, -0.1) is 23.7 Å². The Kier molecular flexibility index (Phi) is 4.32. The van der Waals surface area contributed by atoms with Crippen LogP contribution in [0.2, 0.25) is 4.34 Å². The summed E-state index contributed by atoms with van der Waals surface area (Å²) in [5.74, 6) is 0.0555. The number of carbonyl (C=O) groups is 1. The molecule has 0 saturated heterocycles. The number of aromatic nitrogens is 2. The highest BCUT2D eigenvalue weighted by Gasteiger charge is 2.08. The Morgan fingerprint density at radius 1 is 1.53 bits per heavy atom. The molecule has 2 rings (SSSR count). The third-order valence-corrected chi connectivity index (χ3v) is 3.01. The fraction of sp³-hybridized carbons (Fsp3) is 0.111. The molecule has 0 spiro atoms. The summed E-state index contributed by atoms with van der Waals surface area (Å²) in [5, 5.41) is 0. The smallest absolute Gasteiger partial charge is 0.192 e. The number of hydrogen-bond acceptors (Lipinski definition) is 3. The molecule has 0 radical (unpaired) electrons. The molecule has 0 aromatic carbocycles. The summed E-state index contributed by atoms with van der Waals surface area (Å²) in [5.41, 5.74) is 0. The van der Waals surface area contributed by atoms with Gasteiger partial charge in [0.05, 0.1) is 22.1 Å². The van der Waals surface area contributed by atoms with E-state index in [4.69, 9.17) is 11.6 Å². The van der Waals surface area contributed by atoms with Crippen LogP contribution >= 0.6 is 35.3 Å². The van der Waals surface area contributed by atoms with E-state index in [-0.39, 0.29) is 18.2 Å². The highest BCUT2D eigenvalue weighted by Crippen LogP contribution is 2.21. The SMILES string of the molecule is Cl.O=C(Cn1ccnc1)c1ccc(Cl)s1. The zero-order valence-corrected chi connectivity index (χ0v) is 9.98. The second-order valence-corrected chi connectivity index (χ2v) is 4.48. The van der Waals surface area contributed by atoms with E-state index in [9.17, 15) is 4.79 Å². The van der Waals surface area contributed by atoms with Gasteiger partial charge in [0.15, 0.2) is 5.78 Å². The Bertz CT molecular complexity index is 439. The van der Waals surface area contributed by atoms with Gasteiger partial charge in [-0.25, -0.2) is 4.98 Å². The molecule has 0 amide bonds. The highest BCUT2D eigenvalue weighted by atomic mass is 35.5. The van der Waals surface area contributed by atoms with Crippen LogP contribution in [0.4, 0.5) is 0 Å². The minimum absolute atomic E-state index is 0. The van der Waals surface area contributed by atoms with E-state index in [1.54, 1.807) is 35.4 Å². The van der Waals surface area contributed by atoms with Gasteiger partial charge in [-0.2, -0.15) is 0 Å². The largest absolute Gasteiger partial charge is 0.330 e. The Labute approximate surface area is 102 Å². The molecule has 0 aliphatic heterocycles. The average Bonchev–Trinajstić information content (AvgIpc) is 2.75. The molecule has 0 aliphatic carbocycles. The second kappa shape index (κ2) is 5.30. The van der Waals surface area contributed by atoms with E-state index in [1.165, 1.54) is 11.3 Å². The zero-order chi connectivity index (χ0) is 9.97. The number of imidazole rings is 1. The van der Waals surface area contributed by atoms with Crippen molar-refractivity contribution in [3.05, 3.63) is 40.1 Å². The van der Waals surface area contributed by atoms with Crippen molar-refractivity contribution >= 4 is 41.1 Å². The van der Waals surface area contributed by atoms with E-state index in [0.29, 0.717) is 15.8 Å². The minimum Gasteiger partial charge on any atom is -0.330 e. The summed E-state index contributed by atoms with van der Waals surface area (Å²) in [7, 11) is 0. The van der Waals surface area contributed by atoms with Crippen LogP contribution in [0.5, 0.6) is 0 Å². The van der Waals surface area contributed by atoms with Gasteiger partial charge in [0.1, 0.15) is 0 Å². The van der Waals surface area contributed by atoms with Gasteiger partial charge in [0.25, 0.3) is 0 Å². The van der Waals surface area contributed by atoms with Crippen molar-refractivity contribution in [3.63, 3.8) is 0 Å². The predicted molar refractivity (Wildman–Crippen MR) is 63.1 cm³/mol. The molecular weight excluding hydrogens is 255 g/mol. The number of nitrogens with zero attached hydrogens (tertiary/aromatic N) is 2. The summed E-state index contributed by atoms with van der Waals surface area (Å²) in [6.45, 7) is 0.316. The van der Waals surface area contributed by atoms with Crippen molar-refractivity contribution in [3.8, 4) is 0 Å². The van der Waals surface area contributed by atoms with Crippen LogP contribution in [0.15, 0.2) is 30.9 Å². The van der Waals surface area contributed by atoms with E-state index < -0.39 is 0 Å². The van der Waals surface area contributed by atoms with Gasteiger partial charge in [0.2, 0.25) is 0 Å². The number of hydrogen-bond donors (Lipinski definition) is 0. The van der Waals surface area contributed by atoms with Crippen LogP contribution in [0.1, 0.15) is 9.67 Å². The fourth-order valence-electron chi connectivity index (χ4n) is 1.09. The Balaban J connectivity index is 0.00000112. The first kappa shape index (κ1) is 12.2. The maximum atomic E-state index is 11.6. The molecule has 0 bridgehead atoms. The third-order valence-electron chi connectivity index (χ3n) is 1.73. The summed E-state index contributed by atoms with van der Waals surface area (Å²) in [6, 6.07) is 3.47. The predicted octanol–water partition coefficient (Wildman–Crippen LogP) is 2.90. The van der Waals surface area contributed by atoms with Crippen LogP contribution in [-0.2, 0) is 6.54 Å². The lowest BCUT2D eigenvalue weighted by atomic mass is 10.3. The van der Waals surface area contributed by atoms with E-state index in [1.807, 2.05) is 0 Å². The molecule has 0 unspecified atom stereocenters. The van der Waals surface area contributed by atoms with Crippen LogP contribution in [0.3, 0.4) is 0 Å². The first-order valence-electron chi connectivity index (χ1n) is 4.00. The molecule has 0 N–H and O–H groups in total. The Hall–Kier alpha value is -0.840. The van der Waals surface area contributed by atoms with Gasteiger partial charge in [-0.3, -0.25) is 4.79 Å². The van der Waals surface area contributed by atoms with Crippen molar-refractivity contribution < 1.29 is 4.79 Å². The van der Waals surface area contributed by atoms with E-state index in [2.05, 4.69) is 4.98 Å². The monoisotopic (exact) mass is 262 g/mol. The molecule has 3 nitrogen and oxygen atoms in total. The molecule has 0 fully saturated rings. The molecule has 0 aliphatic rings. The Morgan fingerprint density at radius 3 is 2.87 bits per heavy atom. The number of halogens is 2. The molecule has 2 aromatic heterocycles. The van der Waals surface area contributed by atoms with E-state index >= 15 is 0 Å². The molecule has 0 atom stereocenters. The third kappa shape index (κ3) is 3.06. The van der Waals surface area contributed by atoms with Crippen LogP contribution < -0.4 is 0 Å². The molecule has 15 heavy (non-hydrogen) atoms. The van der Waals surface area contributed by atoms with Crippen LogP contribution in [0.25, 0.3) is 0 Å². The van der Waals surface area contributed by atoms with Gasteiger partial charge >= 0.3 is 0 Å². The quantitative estimate of drug-likeness (QED) is 0.798. The lowest BCUT2D eigenvalue weighted by Crippen LogP contribution is -2.06. The Morgan fingerprint density at radius 2 is 2.33 bits per heavy atom. The summed E-state index contributed by atoms with van der Waals surface area (Å²) in [4.78, 5) is 16.2. The normalized spacial score (nSPS) is 9.67. The van der Waals surface area contributed by atoms with Crippen LogP contribution in [-0.4, -0.2) is 15.3 Å². The van der Waals surface area contributed by atoms with Crippen molar-refractivity contribution in [2.45, 2.75) is 6.54 Å². The number of Topliss-reactive ketones (excluding diaryl/α,β-unsaturated/α-hetero) is 1. The number of carbonyl (C=O) groups excluding carboxylic acids is 1. The van der Waals surface area contributed by atoms with Gasteiger partial charge in [-0.1, -0.05) is 11.6 Å². The van der Waals surface area contributed by atoms with Gasteiger partial charge in [-0.05, 0) is 12.1 Å². The van der Waals surface area contributed by atoms with Crippen molar-refractivity contribution in [2.75, 3.05) is 0 Å². The maximum Gasteiger partial charge on any atom is 0.192 e. The number of rotatable bonds is 3. The number of thiophene rings is 1. The molecule has 2 heterocycles. The minimum atomic E-state index is 0. The first-order valence-corrected chi connectivity index (χ1v) is 5.19. The zero-order valence-electron chi connectivity index (χ0n) is 7.59. The second-order valence-electron chi connectivity index (χ2n) is 2.76. The van der Waals surface area contributed by atoms with Gasteiger partial charge < -0.3 is 4.57 Å². The molecule has 2 aromatic rings. The van der Waals surface area contributed by atoms with Crippen molar-refractivity contribution in [2.24, 2.45) is 0 Å². The molecule has 6 heteroatoms. The van der Waals surface area contributed by atoms with Crippen LogP contribution in [0, 0.1) is 0 Å². The summed E-state index contributed by atoms with van der Waals surface area (Å²) < 4.78 is 2.37. The fourth-order valence-corrected chi connectivity index (χ4v) is 2.06. The highest BCUT2D eigenvalue weighted by molar-refractivity contribution is 7.18. The topological polar surface area (TPSA) is 34.9 Å². The van der Waals surface area contributed by atoms with Crippen molar-refractivity contribution in [1.82, 2.24) is 9.55 Å². The lowest BCUT2D eigenvalue weighted by molar-refractivity contribution is 0.0976. The maximum absolute atomic E-state index is 11.6. The van der Waals surface area contributed by atoms with Crippen molar-refractivity contribution in [1.29, 1.82) is 0 Å².